The van der Waals surface area contributed by atoms with Crippen LogP contribution in [0.1, 0.15) is 44.1 Å². The predicted octanol–water partition coefficient (Wildman–Crippen LogP) is 2.27. The summed E-state index contributed by atoms with van der Waals surface area (Å²) >= 11 is 0. The lowest BCUT2D eigenvalue weighted by atomic mass is 9.83. The summed E-state index contributed by atoms with van der Waals surface area (Å²) in [7, 11) is 0. The van der Waals surface area contributed by atoms with Gasteiger partial charge in [-0.3, -0.25) is 19.3 Å². The average molecular weight is 468 g/mol. The lowest BCUT2D eigenvalue weighted by molar-refractivity contribution is -0.139. The van der Waals surface area contributed by atoms with Crippen LogP contribution in [0.3, 0.4) is 0 Å². The van der Waals surface area contributed by atoms with Crippen molar-refractivity contribution < 1.29 is 32.3 Å². The Hall–Kier alpha value is -2.66. The fourth-order valence-electron chi connectivity index (χ4n) is 4.56. The number of carbonyl (C=O) groups is 3. The Morgan fingerprint density at radius 3 is 2.27 bits per heavy atom. The topological polar surface area (TPSA) is 105 Å². The third-order valence-corrected chi connectivity index (χ3v) is 6.65. The molecule has 1 aliphatic heterocycles. The second-order valence-corrected chi connectivity index (χ2v) is 8.74. The van der Waals surface area contributed by atoms with Crippen LogP contribution >= 0.6 is 0 Å². The number of nitrogens with zero attached hydrogens (tertiary/aromatic N) is 2. The Balaban J connectivity index is 1.59. The van der Waals surface area contributed by atoms with Crippen molar-refractivity contribution >= 4 is 29.1 Å². The van der Waals surface area contributed by atoms with Gasteiger partial charge in [0, 0.05) is 24.3 Å². The molecule has 0 radical (unpaired) electrons. The molecule has 11 heteroatoms. The highest BCUT2D eigenvalue weighted by atomic mass is 19.4. The molecule has 180 valence electrons. The molecule has 2 saturated carbocycles. The van der Waals surface area contributed by atoms with Crippen molar-refractivity contribution in [2.45, 2.75) is 62.8 Å². The summed E-state index contributed by atoms with van der Waals surface area (Å²) < 4.78 is 46.4. The van der Waals surface area contributed by atoms with E-state index in [9.17, 15) is 27.6 Å². The largest absolute Gasteiger partial charge is 0.418 e. The minimum Gasteiger partial charge on any atom is -0.370 e. The molecule has 1 saturated heterocycles. The molecule has 33 heavy (non-hydrogen) atoms. The normalized spacial score (nSPS) is 20.8. The van der Waals surface area contributed by atoms with Crippen molar-refractivity contribution in [1.82, 2.24) is 4.90 Å². The highest BCUT2D eigenvalue weighted by molar-refractivity contribution is 6.10. The van der Waals surface area contributed by atoms with Crippen LogP contribution in [0, 0.1) is 0 Å². The number of morpholine rings is 1. The number of hydrogen-bond acceptors (Lipinski definition) is 5. The summed E-state index contributed by atoms with van der Waals surface area (Å²) in [6, 6.07) is 2.11. The number of anilines is 2. The van der Waals surface area contributed by atoms with Crippen LogP contribution in [-0.4, -0.2) is 60.5 Å². The van der Waals surface area contributed by atoms with E-state index in [0.717, 1.165) is 55.6 Å². The van der Waals surface area contributed by atoms with E-state index in [0.29, 0.717) is 0 Å². The van der Waals surface area contributed by atoms with E-state index in [-0.39, 0.29) is 43.2 Å². The maximum Gasteiger partial charge on any atom is 0.418 e. The molecule has 0 aromatic heterocycles. The van der Waals surface area contributed by atoms with Gasteiger partial charge in [0.2, 0.25) is 5.91 Å². The van der Waals surface area contributed by atoms with Gasteiger partial charge < -0.3 is 20.7 Å². The number of carbonyl (C=O) groups excluding carboxylic acids is 3. The van der Waals surface area contributed by atoms with E-state index in [1.807, 2.05) is 4.90 Å². The van der Waals surface area contributed by atoms with Crippen molar-refractivity contribution in [1.29, 1.82) is 0 Å². The summed E-state index contributed by atoms with van der Waals surface area (Å²) in [5.74, 6) is -2.14. The molecule has 8 nitrogen and oxygen atoms in total. The number of benzene rings is 1. The van der Waals surface area contributed by atoms with Gasteiger partial charge in [0.05, 0.1) is 17.9 Å². The van der Waals surface area contributed by atoms with Gasteiger partial charge in [0.1, 0.15) is 6.61 Å². The molecule has 1 aromatic carbocycles. The summed E-state index contributed by atoms with van der Waals surface area (Å²) in [4.78, 5) is 40.3. The predicted molar refractivity (Wildman–Crippen MR) is 113 cm³/mol. The zero-order valence-electron chi connectivity index (χ0n) is 18.1. The molecule has 0 unspecified atom stereocenters. The highest BCUT2D eigenvalue weighted by Gasteiger charge is 2.44. The van der Waals surface area contributed by atoms with E-state index in [4.69, 9.17) is 10.5 Å². The number of alkyl halides is 3. The Kier molecular flexibility index (Phi) is 6.62. The van der Waals surface area contributed by atoms with Crippen molar-refractivity contribution in [3.8, 4) is 0 Å². The molecule has 3 amide bonds. The highest BCUT2D eigenvalue weighted by Crippen LogP contribution is 2.39. The molecule has 3 N–H and O–H groups in total. The lowest BCUT2D eigenvalue weighted by Crippen LogP contribution is -2.62. The number of halogens is 3. The second kappa shape index (κ2) is 9.30. The van der Waals surface area contributed by atoms with E-state index in [1.165, 1.54) is 6.07 Å². The number of primary amides is 1. The van der Waals surface area contributed by atoms with Crippen LogP contribution in [0.25, 0.3) is 0 Å². The van der Waals surface area contributed by atoms with Crippen LogP contribution in [0.5, 0.6) is 0 Å². The molecular formula is C22H27F3N4O4. The van der Waals surface area contributed by atoms with E-state index < -0.39 is 35.5 Å². The maximum atomic E-state index is 13.8. The first kappa shape index (κ1) is 23.5. The van der Waals surface area contributed by atoms with Gasteiger partial charge in [0.15, 0.2) is 6.04 Å². The Labute approximate surface area is 189 Å². The summed E-state index contributed by atoms with van der Waals surface area (Å²) in [5, 5.41) is 2.45. The summed E-state index contributed by atoms with van der Waals surface area (Å²) in [6.07, 6.45) is 0.654. The van der Waals surface area contributed by atoms with E-state index >= 15 is 0 Å². The fourth-order valence-corrected chi connectivity index (χ4v) is 4.56. The van der Waals surface area contributed by atoms with Crippen LogP contribution in [0.4, 0.5) is 24.5 Å². The van der Waals surface area contributed by atoms with Crippen molar-refractivity contribution in [3.05, 3.63) is 23.8 Å². The first-order valence-corrected chi connectivity index (χ1v) is 11.1. The van der Waals surface area contributed by atoms with E-state index in [2.05, 4.69) is 5.32 Å². The minimum absolute atomic E-state index is 0.00486. The quantitative estimate of drug-likeness (QED) is 0.598. The van der Waals surface area contributed by atoms with Gasteiger partial charge in [-0.15, -0.1) is 0 Å². The Morgan fingerprint density at radius 1 is 1.15 bits per heavy atom. The van der Waals surface area contributed by atoms with Crippen LogP contribution in [0.15, 0.2) is 18.2 Å². The van der Waals surface area contributed by atoms with Gasteiger partial charge in [-0.1, -0.05) is 12.8 Å². The van der Waals surface area contributed by atoms with Gasteiger partial charge in [-0.2, -0.15) is 13.2 Å². The van der Waals surface area contributed by atoms with Gasteiger partial charge in [0.25, 0.3) is 11.8 Å². The molecule has 2 aliphatic carbocycles. The molecule has 1 aromatic rings. The number of nitrogens with one attached hydrogen (secondary N) is 1. The van der Waals surface area contributed by atoms with Crippen LogP contribution in [0.2, 0.25) is 0 Å². The number of ether oxygens (including phenoxy) is 1. The van der Waals surface area contributed by atoms with Crippen LogP contribution < -0.4 is 16.0 Å². The second-order valence-electron chi connectivity index (χ2n) is 8.74. The van der Waals surface area contributed by atoms with Gasteiger partial charge in [-0.05, 0) is 43.9 Å². The standard InChI is InChI=1S/C22H27F3N4O4/c23-22(24,25)16-11-13(7-8-17(16)28-9-10-33-12-18(28)30)27-21(32)19(20(26)31)29(14-3-1-4-14)15-5-2-6-15/h7-8,11,14-15,19H,1-6,9-10,12H2,(H2,26,31)(H,27,32)/t19-/m1/s1. The number of amides is 3. The monoisotopic (exact) mass is 468 g/mol. The molecule has 3 aliphatic rings. The van der Waals surface area contributed by atoms with Crippen molar-refractivity contribution in [2.75, 3.05) is 30.0 Å². The summed E-state index contributed by atoms with van der Waals surface area (Å²) in [6.45, 7) is -0.177. The lowest BCUT2D eigenvalue weighted by Gasteiger charge is -2.48. The molecule has 1 atom stereocenters. The zero-order chi connectivity index (χ0) is 23.8. The SMILES string of the molecule is NC(=O)[C@H](C(=O)Nc1ccc(N2CCOCC2=O)c(C(F)(F)F)c1)N(C1CCC1)C1CCC1. The number of nitrogens with two attached hydrogens (primary N) is 1. The van der Waals surface area contributed by atoms with Gasteiger partial charge in [-0.25, -0.2) is 0 Å². The third kappa shape index (κ3) is 4.84. The molecule has 3 fully saturated rings. The van der Waals surface area contributed by atoms with Crippen molar-refractivity contribution in [2.24, 2.45) is 5.73 Å². The Bertz CT molecular complexity index is 917. The smallest absolute Gasteiger partial charge is 0.370 e. The fraction of sp³-hybridized carbons (Fsp3) is 0.591. The minimum atomic E-state index is -4.76. The number of rotatable bonds is 7. The third-order valence-electron chi connectivity index (χ3n) is 6.65. The maximum absolute atomic E-state index is 13.8. The molecule has 0 bridgehead atoms. The Morgan fingerprint density at radius 2 is 1.79 bits per heavy atom. The first-order valence-electron chi connectivity index (χ1n) is 11.1. The molecule has 1 heterocycles. The number of hydrogen-bond donors (Lipinski definition) is 2. The zero-order valence-corrected chi connectivity index (χ0v) is 18.1. The molecular weight excluding hydrogens is 441 g/mol. The first-order chi connectivity index (χ1) is 15.7. The van der Waals surface area contributed by atoms with Crippen molar-refractivity contribution in [3.63, 3.8) is 0 Å². The molecule has 0 spiro atoms. The van der Waals surface area contributed by atoms with E-state index in [1.54, 1.807) is 0 Å². The molecule has 4 rings (SSSR count). The van der Waals surface area contributed by atoms with Gasteiger partial charge >= 0.3 is 6.18 Å². The van der Waals surface area contributed by atoms with Crippen LogP contribution in [-0.2, 0) is 25.3 Å². The summed E-state index contributed by atoms with van der Waals surface area (Å²) in [5.41, 5.74) is 4.11. The average Bonchev–Trinajstić information content (AvgIpc) is 2.65.